The lowest BCUT2D eigenvalue weighted by Gasteiger charge is -2.25. The molecule has 0 amide bonds. The number of nitrogens with two attached hydrogens (primary N) is 1. The highest BCUT2D eigenvalue weighted by Crippen LogP contribution is 2.40. The van der Waals surface area contributed by atoms with Gasteiger partial charge < -0.3 is 10.5 Å². The topological polar surface area (TPSA) is 52.3 Å². The maximum Gasteiger partial charge on any atom is 0.170 e. The van der Waals surface area contributed by atoms with E-state index in [2.05, 4.69) is 0 Å². The van der Waals surface area contributed by atoms with E-state index >= 15 is 0 Å². The number of hydrogen-bond acceptors (Lipinski definition) is 4. The third-order valence-electron chi connectivity index (χ3n) is 2.87. The molecule has 1 aliphatic heterocycles. The van der Waals surface area contributed by atoms with Gasteiger partial charge in [-0.15, -0.1) is 11.3 Å². The number of benzene rings is 1. The van der Waals surface area contributed by atoms with Crippen molar-refractivity contribution in [3.63, 3.8) is 0 Å². The van der Waals surface area contributed by atoms with E-state index in [-0.39, 0.29) is 29.6 Å². The Morgan fingerprint density at radius 2 is 2.28 bits per heavy atom. The second-order valence-electron chi connectivity index (χ2n) is 4.12. The van der Waals surface area contributed by atoms with Crippen LogP contribution >= 0.6 is 11.3 Å². The number of carbonyl (C=O) groups excluding carboxylic acids is 1. The minimum atomic E-state index is -0.516. The van der Waals surface area contributed by atoms with E-state index in [1.165, 1.54) is 23.5 Å². The Morgan fingerprint density at radius 1 is 1.44 bits per heavy atom. The highest BCUT2D eigenvalue weighted by Gasteiger charge is 2.30. The molecule has 0 fully saturated rings. The number of ketones is 1. The van der Waals surface area contributed by atoms with Crippen LogP contribution in [-0.4, -0.2) is 5.78 Å². The van der Waals surface area contributed by atoms with Crippen LogP contribution in [0, 0.1) is 5.82 Å². The molecule has 0 saturated heterocycles. The molecule has 0 spiro atoms. The van der Waals surface area contributed by atoms with E-state index in [1.807, 2.05) is 17.5 Å². The Labute approximate surface area is 107 Å². The maximum atomic E-state index is 13.2. The van der Waals surface area contributed by atoms with Crippen molar-refractivity contribution in [3.8, 4) is 5.75 Å². The Hall–Kier alpha value is -1.88. The molecule has 1 aromatic heterocycles. The van der Waals surface area contributed by atoms with E-state index in [0.717, 1.165) is 4.88 Å². The summed E-state index contributed by atoms with van der Waals surface area (Å²) in [6, 6.07) is 6.16. The lowest BCUT2D eigenvalue weighted by Crippen LogP contribution is -2.20. The van der Waals surface area contributed by atoms with Crippen LogP contribution in [0.4, 0.5) is 10.1 Å². The Kier molecular flexibility index (Phi) is 2.56. The fraction of sp³-hybridized carbons (Fsp3) is 0.154. The van der Waals surface area contributed by atoms with Crippen LogP contribution in [0.15, 0.2) is 29.6 Å². The summed E-state index contributed by atoms with van der Waals surface area (Å²) < 4.78 is 18.9. The molecule has 1 unspecified atom stereocenters. The molecule has 0 saturated carbocycles. The lowest BCUT2D eigenvalue weighted by molar-refractivity contribution is 0.0855. The summed E-state index contributed by atoms with van der Waals surface area (Å²) >= 11 is 1.52. The van der Waals surface area contributed by atoms with Crippen LogP contribution in [-0.2, 0) is 0 Å². The first-order chi connectivity index (χ1) is 8.65. The number of hydrogen-bond donors (Lipinski definition) is 1. The van der Waals surface area contributed by atoms with Gasteiger partial charge >= 0.3 is 0 Å². The molecule has 2 N–H and O–H groups in total. The fourth-order valence-corrected chi connectivity index (χ4v) is 2.80. The van der Waals surface area contributed by atoms with Crippen LogP contribution in [0.1, 0.15) is 27.8 Å². The van der Waals surface area contributed by atoms with Gasteiger partial charge in [0.05, 0.1) is 17.7 Å². The molecule has 5 heteroatoms. The number of nitrogen functional groups attached to an aromatic ring is 1. The summed E-state index contributed by atoms with van der Waals surface area (Å²) in [5.74, 6) is -0.357. The van der Waals surface area contributed by atoms with Crippen LogP contribution in [0.2, 0.25) is 0 Å². The summed E-state index contributed by atoms with van der Waals surface area (Å²) in [4.78, 5) is 13.0. The molecule has 1 aliphatic rings. The van der Waals surface area contributed by atoms with E-state index in [4.69, 9.17) is 10.5 Å². The van der Waals surface area contributed by atoms with Crippen LogP contribution < -0.4 is 10.5 Å². The average molecular weight is 263 g/mol. The van der Waals surface area contributed by atoms with Crippen molar-refractivity contribution in [2.45, 2.75) is 12.5 Å². The summed E-state index contributed by atoms with van der Waals surface area (Å²) in [7, 11) is 0. The Morgan fingerprint density at radius 3 is 3.00 bits per heavy atom. The largest absolute Gasteiger partial charge is 0.481 e. The van der Waals surface area contributed by atoms with Gasteiger partial charge in [0.2, 0.25) is 0 Å². The van der Waals surface area contributed by atoms with Gasteiger partial charge in [0, 0.05) is 10.9 Å². The average Bonchev–Trinajstić information content (AvgIpc) is 2.83. The first-order valence-corrected chi connectivity index (χ1v) is 6.35. The van der Waals surface area contributed by atoms with Crippen molar-refractivity contribution in [1.29, 1.82) is 0 Å². The molecule has 0 bridgehead atoms. The second-order valence-corrected chi connectivity index (χ2v) is 5.10. The van der Waals surface area contributed by atoms with Crippen molar-refractivity contribution in [2.24, 2.45) is 0 Å². The summed E-state index contributed by atoms with van der Waals surface area (Å²) in [5, 5.41) is 1.92. The minimum absolute atomic E-state index is 0.138. The summed E-state index contributed by atoms with van der Waals surface area (Å²) in [5.41, 5.74) is 6.11. The van der Waals surface area contributed by atoms with Gasteiger partial charge in [0.1, 0.15) is 11.9 Å². The number of ether oxygens (including phenoxy) is 1. The quantitative estimate of drug-likeness (QED) is 0.804. The fourth-order valence-electron chi connectivity index (χ4n) is 2.05. The smallest absolute Gasteiger partial charge is 0.170 e. The van der Waals surface area contributed by atoms with Crippen molar-refractivity contribution in [1.82, 2.24) is 0 Å². The van der Waals surface area contributed by atoms with Crippen molar-refractivity contribution in [2.75, 3.05) is 5.73 Å². The number of Topliss-reactive ketones (excluding diaryl/α,β-unsaturated/α-hetero) is 1. The van der Waals surface area contributed by atoms with Gasteiger partial charge in [-0.1, -0.05) is 6.07 Å². The SMILES string of the molecule is Nc1cc(F)cc2c1OC(c1cccs1)CC2=O. The Balaban J connectivity index is 2.05. The van der Waals surface area contributed by atoms with Gasteiger partial charge in [0.15, 0.2) is 11.5 Å². The number of rotatable bonds is 1. The molecule has 2 heterocycles. The monoisotopic (exact) mass is 263 g/mol. The molecule has 1 atom stereocenters. The number of anilines is 1. The predicted octanol–water partition coefficient (Wildman–Crippen LogP) is 3.18. The van der Waals surface area contributed by atoms with Crippen LogP contribution in [0.25, 0.3) is 0 Å². The summed E-state index contributed by atoms with van der Waals surface area (Å²) in [6.45, 7) is 0. The van der Waals surface area contributed by atoms with Gasteiger partial charge in [-0.25, -0.2) is 4.39 Å². The van der Waals surface area contributed by atoms with Gasteiger partial charge in [0.25, 0.3) is 0 Å². The molecule has 1 aromatic carbocycles. The van der Waals surface area contributed by atoms with Gasteiger partial charge in [-0.2, -0.15) is 0 Å². The minimum Gasteiger partial charge on any atom is -0.481 e. The molecule has 3 rings (SSSR count). The van der Waals surface area contributed by atoms with Crippen LogP contribution in [0.3, 0.4) is 0 Å². The Bertz CT molecular complexity index is 610. The second kappa shape index (κ2) is 4.10. The number of halogens is 1. The molecule has 18 heavy (non-hydrogen) atoms. The zero-order valence-corrected chi connectivity index (χ0v) is 10.2. The number of fused-ring (bicyclic) bond motifs is 1. The normalized spacial score (nSPS) is 18.3. The third kappa shape index (κ3) is 1.76. The molecule has 0 radical (unpaired) electrons. The zero-order chi connectivity index (χ0) is 12.7. The van der Waals surface area contributed by atoms with Crippen molar-refractivity contribution < 1.29 is 13.9 Å². The standard InChI is InChI=1S/C13H10FNO2S/c14-7-4-8-10(16)6-11(12-2-1-3-18-12)17-13(8)9(15)5-7/h1-5,11H,6,15H2. The molecule has 92 valence electrons. The van der Waals surface area contributed by atoms with Gasteiger partial charge in [-0.3, -0.25) is 4.79 Å². The highest BCUT2D eigenvalue weighted by atomic mass is 32.1. The molecule has 3 nitrogen and oxygen atoms in total. The van der Waals surface area contributed by atoms with Crippen molar-refractivity contribution in [3.05, 3.63) is 45.9 Å². The van der Waals surface area contributed by atoms with Gasteiger partial charge in [-0.05, 0) is 17.5 Å². The highest BCUT2D eigenvalue weighted by molar-refractivity contribution is 7.10. The maximum absolute atomic E-state index is 13.2. The summed E-state index contributed by atoms with van der Waals surface area (Å²) in [6.07, 6.45) is -0.103. The van der Waals surface area contributed by atoms with E-state index in [0.29, 0.717) is 5.75 Å². The molecule has 0 aliphatic carbocycles. The third-order valence-corrected chi connectivity index (χ3v) is 3.84. The molecular weight excluding hydrogens is 253 g/mol. The number of carbonyl (C=O) groups is 1. The van der Waals surface area contributed by atoms with Crippen LogP contribution in [0.5, 0.6) is 5.75 Å². The first kappa shape index (κ1) is 11.2. The van der Waals surface area contributed by atoms with E-state index in [1.54, 1.807) is 0 Å². The van der Waals surface area contributed by atoms with E-state index in [9.17, 15) is 9.18 Å². The first-order valence-electron chi connectivity index (χ1n) is 5.47. The van der Waals surface area contributed by atoms with E-state index < -0.39 is 5.82 Å². The molecular formula is C13H10FNO2S. The zero-order valence-electron chi connectivity index (χ0n) is 9.35. The number of thiophene rings is 1. The predicted molar refractivity (Wildman–Crippen MR) is 67.4 cm³/mol. The molecule has 2 aromatic rings. The van der Waals surface area contributed by atoms with Crippen molar-refractivity contribution >= 4 is 22.8 Å². The lowest BCUT2D eigenvalue weighted by atomic mass is 9.99.